The van der Waals surface area contributed by atoms with Crippen LogP contribution in [0, 0.1) is 11.3 Å². The molecule has 15 heavy (non-hydrogen) atoms. The van der Waals surface area contributed by atoms with Crippen molar-refractivity contribution in [3.05, 3.63) is 28.2 Å². The molecule has 5 heteroatoms. The Balaban J connectivity index is 2.55. The highest BCUT2D eigenvalue weighted by molar-refractivity contribution is 6.37. The Morgan fingerprint density at radius 2 is 2.00 bits per heavy atom. The number of para-hydroxylation sites is 1. The first-order valence-corrected chi connectivity index (χ1v) is 5.12. The van der Waals surface area contributed by atoms with Gasteiger partial charge in [-0.15, -0.1) is 0 Å². The minimum Gasteiger partial charge on any atom is -0.490 e. The van der Waals surface area contributed by atoms with E-state index >= 15 is 0 Å². The van der Waals surface area contributed by atoms with E-state index in [-0.39, 0.29) is 0 Å². The quantitative estimate of drug-likeness (QED) is 0.886. The summed E-state index contributed by atoms with van der Waals surface area (Å²) in [5, 5.41) is 9.36. The number of hydrogen-bond acceptors (Lipinski definition) is 3. The van der Waals surface area contributed by atoms with Gasteiger partial charge in [-0.05, 0) is 12.1 Å². The number of hydrogen-bond donors (Lipinski definition) is 1. The van der Waals surface area contributed by atoms with Crippen LogP contribution in [-0.2, 0) is 0 Å². The van der Waals surface area contributed by atoms with Crippen LogP contribution in [0.4, 0.5) is 0 Å². The van der Waals surface area contributed by atoms with Crippen LogP contribution in [-0.4, -0.2) is 12.6 Å². The fourth-order valence-electron chi connectivity index (χ4n) is 0.973. The van der Waals surface area contributed by atoms with Gasteiger partial charge in [-0.25, -0.2) is 0 Å². The van der Waals surface area contributed by atoms with Crippen LogP contribution in [0.3, 0.4) is 0 Å². The van der Waals surface area contributed by atoms with E-state index in [0.29, 0.717) is 28.8 Å². The monoisotopic (exact) mass is 244 g/mol. The summed E-state index contributed by atoms with van der Waals surface area (Å²) in [6.45, 7) is 0.318. The highest BCUT2D eigenvalue weighted by atomic mass is 35.5. The zero-order valence-corrected chi connectivity index (χ0v) is 9.42. The van der Waals surface area contributed by atoms with Crippen molar-refractivity contribution in [1.82, 2.24) is 0 Å². The molecule has 1 aromatic carbocycles. The maximum absolute atomic E-state index is 8.46. The maximum atomic E-state index is 8.46. The summed E-state index contributed by atoms with van der Waals surface area (Å²) in [6.07, 6.45) is 0.443. The summed E-state index contributed by atoms with van der Waals surface area (Å²) >= 11 is 11.7. The van der Waals surface area contributed by atoms with E-state index in [0.717, 1.165) is 0 Å². The third-order valence-corrected chi connectivity index (χ3v) is 2.36. The zero-order chi connectivity index (χ0) is 11.3. The lowest BCUT2D eigenvalue weighted by Gasteiger charge is -2.09. The molecule has 0 aromatic heterocycles. The molecule has 1 atom stereocenters. The molecule has 0 saturated heterocycles. The van der Waals surface area contributed by atoms with Crippen LogP contribution < -0.4 is 10.5 Å². The lowest BCUT2D eigenvalue weighted by atomic mass is 10.2. The van der Waals surface area contributed by atoms with Crippen molar-refractivity contribution in [3.8, 4) is 11.8 Å². The van der Waals surface area contributed by atoms with Crippen molar-refractivity contribution in [2.24, 2.45) is 5.73 Å². The minimum atomic E-state index is -0.522. The summed E-state index contributed by atoms with van der Waals surface area (Å²) in [6, 6.07) is 6.50. The molecule has 0 bridgehead atoms. The highest BCUT2D eigenvalue weighted by Gasteiger charge is 2.07. The molecule has 0 aliphatic heterocycles. The molecular formula is C10H10Cl2N2O. The number of nitriles is 1. The van der Waals surface area contributed by atoms with Crippen LogP contribution in [0.2, 0.25) is 10.0 Å². The van der Waals surface area contributed by atoms with E-state index < -0.39 is 6.04 Å². The summed E-state index contributed by atoms with van der Waals surface area (Å²) in [5.74, 6) is 0.436. The van der Waals surface area contributed by atoms with Gasteiger partial charge in [0.15, 0.2) is 5.75 Å². The molecule has 80 valence electrons. The first kappa shape index (κ1) is 12.1. The van der Waals surface area contributed by atoms with Crippen molar-refractivity contribution in [2.75, 3.05) is 6.61 Å². The van der Waals surface area contributed by atoms with Gasteiger partial charge < -0.3 is 10.5 Å². The Labute approximate surface area is 98.3 Å². The van der Waals surface area contributed by atoms with E-state index in [1.54, 1.807) is 18.2 Å². The molecule has 3 nitrogen and oxygen atoms in total. The van der Waals surface area contributed by atoms with Crippen LogP contribution in [0.5, 0.6) is 5.75 Å². The van der Waals surface area contributed by atoms with Crippen LogP contribution in [0.25, 0.3) is 0 Å². The molecule has 0 spiro atoms. The van der Waals surface area contributed by atoms with E-state index in [2.05, 4.69) is 0 Å². The molecule has 0 fully saturated rings. The molecular weight excluding hydrogens is 235 g/mol. The Hall–Kier alpha value is -0.950. The molecule has 0 saturated carbocycles. The SMILES string of the molecule is N#CC(N)CCOc1c(Cl)cccc1Cl. The first-order valence-electron chi connectivity index (χ1n) is 4.37. The summed E-state index contributed by atoms with van der Waals surface area (Å²) in [4.78, 5) is 0. The van der Waals surface area contributed by atoms with E-state index in [1.165, 1.54) is 0 Å². The predicted octanol–water partition coefficient (Wildman–Crippen LogP) is 2.61. The minimum absolute atomic E-state index is 0.318. The second kappa shape index (κ2) is 5.82. The van der Waals surface area contributed by atoms with E-state index in [1.807, 2.05) is 6.07 Å². The summed E-state index contributed by atoms with van der Waals surface area (Å²) in [5.41, 5.74) is 5.41. The number of nitrogens with zero attached hydrogens (tertiary/aromatic N) is 1. The topological polar surface area (TPSA) is 59.0 Å². The Morgan fingerprint density at radius 1 is 1.40 bits per heavy atom. The fourth-order valence-corrected chi connectivity index (χ4v) is 1.48. The van der Waals surface area contributed by atoms with E-state index in [4.69, 9.17) is 38.9 Å². The Kier molecular flexibility index (Phi) is 4.70. The normalized spacial score (nSPS) is 11.9. The van der Waals surface area contributed by atoms with Crippen LogP contribution >= 0.6 is 23.2 Å². The predicted molar refractivity (Wildman–Crippen MR) is 60.2 cm³/mol. The highest BCUT2D eigenvalue weighted by Crippen LogP contribution is 2.32. The molecule has 0 amide bonds. The molecule has 1 aromatic rings. The largest absolute Gasteiger partial charge is 0.490 e. The van der Waals surface area contributed by atoms with Gasteiger partial charge in [0.05, 0.1) is 28.8 Å². The van der Waals surface area contributed by atoms with Crippen molar-refractivity contribution < 1.29 is 4.74 Å². The number of rotatable bonds is 4. The summed E-state index contributed by atoms with van der Waals surface area (Å²) < 4.78 is 5.35. The van der Waals surface area contributed by atoms with Gasteiger partial charge in [-0.1, -0.05) is 29.3 Å². The first-order chi connectivity index (χ1) is 7.15. The number of halogens is 2. The van der Waals surface area contributed by atoms with Crippen LogP contribution in [0.15, 0.2) is 18.2 Å². The Bertz CT molecular complexity index is 356. The number of ether oxygens (including phenoxy) is 1. The second-order valence-electron chi connectivity index (χ2n) is 2.92. The molecule has 0 aliphatic rings. The van der Waals surface area contributed by atoms with Gasteiger partial charge in [0, 0.05) is 6.42 Å². The van der Waals surface area contributed by atoms with Gasteiger partial charge in [-0.2, -0.15) is 5.26 Å². The van der Waals surface area contributed by atoms with Gasteiger partial charge in [-0.3, -0.25) is 0 Å². The third kappa shape index (κ3) is 3.60. The third-order valence-electron chi connectivity index (χ3n) is 1.76. The Morgan fingerprint density at radius 3 is 2.53 bits per heavy atom. The molecule has 1 unspecified atom stereocenters. The number of benzene rings is 1. The van der Waals surface area contributed by atoms with Crippen molar-refractivity contribution in [2.45, 2.75) is 12.5 Å². The molecule has 1 rings (SSSR count). The van der Waals surface area contributed by atoms with Gasteiger partial charge in [0.25, 0.3) is 0 Å². The molecule has 2 N–H and O–H groups in total. The summed E-state index contributed by atoms with van der Waals surface area (Å²) in [7, 11) is 0. The van der Waals surface area contributed by atoms with Gasteiger partial charge >= 0.3 is 0 Å². The molecule has 0 radical (unpaired) electrons. The second-order valence-corrected chi connectivity index (χ2v) is 3.74. The average Bonchev–Trinajstić information content (AvgIpc) is 2.22. The number of nitrogens with two attached hydrogens (primary N) is 1. The lowest BCUT2D eigenvalue weighted by Crippen LogP contribution is -2.20. The maximum Gasteiger partial charge on any atom is 0.156 e. The van der Waals surface area contributed by atoms with Gasteiger partial charge in [0.1, 0.15) is 0 Å². The zero-order valence-electron chi connectivity index (χ0n) is 7.91. The molecule has 0 heterocycles. The molecule has 0 aliphatic carbocycles. The standard InChI is InChI=1S/C10H10Cl2N2O/c11-8-2-1-3-9(12)10(8)15-5-4-7(14)6-13/h1-3,7H,4-5,14H2. The lowest BCUT2D eigenvalue weighted by molar-refractivity contribution is 0.306. The van der Waals surface area contributed by atoms with Crippen molar-refractivity contribution in [3.63, 3.8) is 0 Å². The smallest absolute Gasteiger partial charge is 0.156 e. The fraction of sp³-hybridized carbons (Fsp3) is 0.300. The average molecular weight is 245 g/mol. The van der Waals surface area contributed by atoms with Crippen LogP contribution in [0.1, 0.15) is 6.42 Å². The van der Waals surface area contributed by atoms with Gasteiger partial charge in [0.2, 0.25) is 0 Å². The van der Waals surface area contributed by atoms with Crippen molar-refractivity contribution in [1.29, 1.82) is 5.26 Å². The van der Waals surface area contributed by atoms with Crippen molar-refractivity contribution >= 4 is 23.2 Å². The van der Waals surface area contributed by atoms with E-state index in [9.17, 15) is 0 Å².